The van der Waals surface area contributed by atoms with Crippen molar-refractivity contribution in [1.82, 2.24) is 0 Å². The van der Waals surface area contributed by atoms with Crippen LogP contribution in [0.1, 0.15) is 16.5 Å². The SMILES string of the molecule is NC(c1cc(F)ccc1Cl)c1sccc1Cl. The summed E-state index contributed by atoms with van der Waals surface area (Å²) >= 11 is 13.4. The molecule has 0 aliphatic rings. The first-order valence-corrected chi connectivity index (χ1v) is 6.16. The van der Waals surface area contributed by atoms with E-state index >= 15 is 0 Å². The zero-order chi connectivity index (χ0) is 11.7. The van der Waals surface area contributed by atoms with E-state index in [1.165, 1.54) is 29.5 Å². The molecule has 0 spiro atoms. The largest absolute Gasteiger partial charge is 0.320 e. The first kappa shape index (κ1) is 11.9. The first-order valence-electron chi connectivity index (χ1n) is 4.53. The maximum Gasteiger partial charge on any atom is 0.123 e. The van der Waals surface area contributed by atoms with E-state index in [0.29, 0.717) is 15.6 Å². The Balaban J connectivity index is 2.45. The Bertz CT molecular complexity index is 512. The fourth-order valence-corrected chi connectivity index (χ4v) is 2.85. The third-order valence-electron chi connectivity index (χ3n) is 2.22. The minimum atomic E-state index is -0.490. The fraction of sp³-hybridized carbons (Fsp3) is 0.0909. The van der Waals surface area contributed by atoms with Gasteiger partial charge in [0.1, 0.15) is 5.82 Å². The number of hydrogen-bond donors (Lipinski definition) is 1. The van der Waals surface area contributed by atoms with Crippen LogP contribution in [0.25, 0.3) is 0 Å². The van der Waals surface area contributed by atoms with E-state index in [2.05, 4.69) is 0 Å². The van der Waals surface area contributed by atoms with E-state index < -0.39 is 6.04 Å². The number of halogens is 3. The number of rotatable bonds is 2. The standard InChI is InChI=1S/C11H8Cl2FNS/c12-8-2-1-6(14)5-7(8)10(15)11-9(13)3-4-16-11/h1-5,10H,15H2. The summed E-state index contributed by atoms with van der Waals surface area (Å²) in [6.07, 6.45) is 0. The summed E-state index contributed by atoms with van der Waals surface area (Å²) in [5.41, 5.74) is 6.55. The Morgan fingerprint density at radius 3 is 2.56 bits per heavy atom. The highest BCUT2D eigenvalue weighted by molar-refractivity contribution is 7.10. The lowest BCUT2D eigenvalue weighted by Gasteiger charge is -2.12. The average molecular weight is 276 g/mol. The van der Waals surface area contributed by atoms with Crippen LogP contribution < -0.4 is 5.73 Å². The highest BCUT2D eigenvalue weighted by Crippen LogP contribution is 2.34. The van der Waals surface area contributed by atoms with Gasteiger partial charge in [0.05, 0.1) is 11.1 Å². The summed E-state index contributed by atoms with van der Waals surface area (Å²) in [5.74, 6) is -0.359. The minimum Gasteiger partial charge on any atom is -0.320 e. The quantitative estimate of drug-likeness (QED) is 0.872. The van der Waals surface area contributed by atoms with Crippen molar-refractivity contribution in [3.8, 4) is 0 Å². The third kappa shape index (κ3) is 2.23. The van der Waals surface area contributed by atoms with E-state index in [0.717, 1.165) is 4.88 Å². The Hall–Kier alpha value is -0.610. The zero-order valence-corrected chi connectivity index (χ0v) is 10.4. The second kappa shape index (κ2) is 4.72. The highest BCUT2D eigenvalue weighted by atomic mass is 35.5. The molecule has 1 unspecified atom stereocenters. The lowest BCUT2D eigenvalue weighted by molar-refractivity contribution is 0.624. The molecule has 0 aliphatic heterocycles. The molecule has 0 fully saturated rings. The summed E-state index contributed by atoms with van der Waals surface area (Å²) in [7, 11) is 0. The van der Waals surface area contributed by atoms with Crippen molar-refractivity contribution < 1.29 is 4.39 Å². The van der Waals surface area contributed by atoms with E-state index in [1.807, 2.05) is 5.38 Å². The molecule has 1 aromatic heterocycles. The topological polar surface area (TPSA) is 26.0 Å². The molecule has 0 saturated heterocycles. The lowest BCUT2D eigenvalue weighted by Crippen LogP contribution is -2.11. The van der Waals surface area contributed by atoms with Gasteiger partial charge < -0.3 is 5.73 Å². The number of hydrogen-bond acceptors (Lipinski definition) is 2. The molecule has 1 aromatic carbocycles. The fourth-order valence-electron chi connectivity index (χ4n) is 1.42. The smallest absolute Gasteiger partial charge is 0.123 e. The van der Waals surface area contributed by atoms with Crippen LogP contribution in [0.15, 0.2) is 29.6 Å². The Morgan fingerprint density at radius 1 is 1.19 bits per heavy atom. The van der Waals surface area contributed by atoms with Gasteiger partial charge in [0.15, 0.2) is 0 Å². The van der Waals surface area contributed by atoms with Crippen LogP contribution in [-0.4, -0.2) is 0 Å². The van der Waals surface area contributed by atoms with Gasteiger partial charge in [-0.25, -0.2) is 4.39 Å². The maximum atomic E-state index is 13.1. The van der Waals surface area contributed by atoms with Crippen LogP contribution in [0.4, 0.5) is 4.39 Å². The van der Waals surface area contributed by atoms with Crippen LogP contribution in [0, 0.1) is 5.82 Å². The monoisotopic (exact) mass is 275 g/mol. The van der Waals surface area contributed by atoms with Gasteiger partial charge in [0.2, 0.25) is 0 Å². The van der Waals surface area contributed by atoms with Crippen molar-refractivity contribution in [2.75, 3.05) is 0 Å². The normalized spacial score (nSPS) is 12.8. The number of nitrogens with two attached hydrogens (primary N) is 1. The van der Waals surface area contributed by atoms with Crippen LogP contribution in [-0.2, 0) is 0 Å². The Labute approximate surface area is 107 Å². The average Bonchev–Trinajstić information content (AvgIpc) is 2.67. The molecule has 16 heavy (non-hydrogen) atoms. The molecule has 0 saturated carbocycles. The van der Waals surface area contributed by atoms with E-state index in [-0.39, 0.29) is 5.82 Å². The first-order chi connectivity index (χ1) is 7.59. The second-order valence-electron chi connectivity index (χ2n) is 3.28. The summed E-state index contributed by atoms with van der Waals surface area (Å²) < 4.78 is 13.1. The van der Waals surface area contributed by atoms with Crippen molar-refractivity contribution in [2.24, 2.45) is 5.73 Å². The van der Waals surface area contributed by atoms with Gasteiger partial charge >= 0.3 is 0 Å². The molecule has 1 nitrogen and oxygen atoms in total. The number of thiophene rings is 1. The summed E-state index contributed by atoms with van der Waals surface area (Å²) in [5, 5.41) is 2.86. The summed E-state index contributed by atoms with van der Waals surface area (Å²) in [6.45, 7) is 0. The van der Waals surface area contributed by atoms with Gasteiger partial charge in [-0.05, 0) is 35.2 Å². The molecule has 0 aliphatic carbocycles. The van der Waals surface area contributed by atoms with Crippen molar-refractivity contribution in [2.45, 2.75) is 6.04 Å². The maximum absolute atomic E-state index is 13.1. The van der Waals surface area contributed by atoms with Gasteiger partial charge in [0, 0.05) is 9.90 Å². The van der Waals surface area contributed by atoms with Crippen LogP contribution in [0.2, 0.25) is 10.0 Å². The highest BCUT2D eigenvalue weighted by Gasteiger charge is 2.17. The Morgan fingerprint density at radius 2 is 1.94 bits per heavy atom. The van der Waals surface area contributed by atoms with Gasteiger partial charge in [-0.15, -0.1) is 11.3 Å². The molecular weight excluding hydrogens is 268 g/mol. The van der Waals surface area contributed by atoms with E-state index in [4.69, 9.17) is 28.9 Å². The van der Waals surface area contributed by atoms with Crippen molar-refractivity contribution in [3.05, 3.63) is 55.9 Å². The minimum absolute atomic E-state index is 0.359. The summed E-state index contributed by atoms with van der Waals surface area (Å²) in [6, 6.07) is 5.40. The molecule has 0 amide bonds. The van der Waals surface area contributed by atoms with E-state index in [9.17, 15) is 4.39 Å². The third-order valence-corrected chi connectivity index (χ3v) is 4.01. The molecule has 1 atom stereocenters. The summed E-state index contributed by atoms with van der Waals surface area (Å²) in [4.78, 5) is 0.786. The van der Waals surface area contributed by atoms with Crippen LogP contribution in [0.3, 0.4) is 0 Å². The molecule has 5 heteroatoms. The predicted molar refractivity (Wildman–Crippen MR) is 66.8 cm³/mol. The molecule has 2 aromatic rings. The van der Waals surface area contributed by atoms with Crippen LogP contribution >= 0.6 is 34.5 Å². The second-order valence-corrected chi connectivity index (χ2v) is 5.04. The van der Waals surface area contributed by atoms with Gasteiger partial charge in [-0.2, -0.15) is 0 Å². The molecule has 2 N–H and O–H groups in total. The van der Waals surface area contributed by atoms with Gasteiger partial charge in [-0.1, -0.05) is 23.2 Å². The van der Waals surface area contributed by atoms with Crippen molar-refractivity contribution >= 4 is 34.5 Å². The molecule has 0 bridgehead atoms. The zero-order valence-electron chi connectivity index (χ0n) is 8.08. The molecule has 1 heterocycles. The van der Waals surface area contributed by atoms with Crippen molar-refractivity contribution in [1.29, 1.82) is 0 Å². The van der Waals surface area contributed by atoms with Crippen molar-refractivity contribution in [3.63, 3.8) is 0 Å². The molecule has 84 valence electrons. The van der Waals surface area contributed by atoms with E-state index in [1.54, 1.807) is 6.07 Å². The molecule has 2 rings (SSSR count). The van der Waals surface area contributed by atoms with Crippen LogP contribution in [0.5, 0.6) is 0 Å². The Kier molecular flexibility index (Phi) is 3.50. The molecular formula is C11H8Cl2FNS. The lowest BCUT2D eigenvalue weighted by atomic mass is 10.1. The molecule has 0 radical (unpaired) electrons. The van der Waals surface area contributed by atoms with Gasteiger partial charge in [-0.3, -0.25) is 0 Å². The number of benzene rings is 1. The van der Waals surface area contributed by atoms with Gasteiger partial charge in [0.25, 0.3) is 0 Å². The predicted octanol–water partition coefficient (Wildman–Crippen LogP) is 4.24.